The van der Waals surface area contributed by atoms with Gasteiger partial charge in [-0.3, -0.25) is 0 Å². The lowest BCUT2D eigenvalue weighted by atomic mass is 10.2. The first kappa shape index (κ1) is 13.3. The standard InChI is InChI=1S/C16H12ClN3O2/c17-12-5-3-11(4-6-12)14-15(18-9-22-14)20-8-7-13(10-1-2-10)19-16(20)21/h3-10H,1-2H2. The van der Waals surface area contributed by atoms with Crippen LogP contribution in [0, 0.1) is 0 Å². The van der Waals surface area contributed by atoms with Crippen LogP contribution in [0.1, 0.15) is 24.5 Å². The maximum absolute atomic E-state index is 12.3. The number of halogens is 1. The molecule has 22 heavy (non-hydrogen) atoms. The molecule has 0 spiro atoms. The number of nitrogens with zero attached hydrogens (tertiary/aromatic N) is 3. The maximum atomic E-state index is 12.3. The first-order chi connectivity index (χ1) is 10.7. The van der Waals surface area contributed by atoms with Gasteiger partial charge in [-0.2, -0.15) is 9.97 Å². The molecule has 1 aliphatic carbocycles. The Bertz CT molecular complexity index is 879. The second-order valence-corrected chi connectivity index (χ2v) is 5.73. The van der Waals surface area contributed by atoms with Crippen molar-refractivity contribution in [2.24, 2.45) is 0 Å². The second kappa shape index (κ2) is 5.10. The molecule has 0 aliphatic heterocycles. The van der Waals surface area contributed by atoms with E-state index in [4.69, 9.17) is 16.0 Å². The van der Waals surface area contributed by atoms with Gasteiger partial charge in [-0.05, 0) is 43.2 Å². The highest BCUT2D eigenvalue weighted by atomic mass is 35.5. The summed E-state index contributed by atoms with van der Waals surface area (Å²) in [6.45, 7) is 0. The van der Waals surface area contributed by atoms with E-state index in [1.165, 1.54) is 11.0 Å². The number of hydrogen-bond acceptors (Lipinski definition) is 4. The first-order valence-corrected chi connectivity index (χ1v) is 7.39. The molecule has 0 bridgehead atoms. The fourth-order valence-electron chi connectivity index (χ4n) is 2.39. The molecule has 0 radical (unpaired) electrons. The summed E-state index contributed by atoms with van der Waals surface area (Å²) in [7, 11) is 0. The average Bonchev–Trinajstić information content (AvgIpc) is 3.26. The van der Waals surface area contributed by atoms with Gasteiger partial charge in [0.2, 0.25) is 0 Å². The van der Waals surface area contributed by atoms with Crippen LogP contribution in [0.3, 0.4) is 0 Å². The van der Waals surface area contributed by atoms with Crippen LogP contribution in [-0.2, 0) is 0 Å². The smallest absolute Gasteiger partial charge is 0.353 e. The van der Waals surface area contributed by atoms with Crippen molar-refractivity contribution in [2.45, 2.75) is 18.8 Å². The predicted octanol–water partition coefficient (Wildman–Crippen LogP) is 3.42. The monoisotopic (exact) mass is 313 g/mol. The molecule has 0 unspecified atom stereocenters. The molecule has 0 atom stereocenters. The van der Waals surface area contributed by atoms with Crippen molar-refractivity contribution in [1.29, 1.82) is 0 Å². The van der Waals surface area contributed by atoms with Crippen molar-refractivity contribution in [3.05, 3.63) is 64.1 Å². The lowest BCUT2D eigenvalue weighted by molar-refractivity contribution is 0.571. The summed E-state index contributed by atoms with van der Waals surface area (Å²) < 4.78 is 6.85. The Morgan fingerprint density at radius 3 is 2.64 bits per heavy atom. The van der Waals surface area contributed by atoms with Gasteiger partial charge in [-0.25, -0.2) is 9.36 Å². The summed E-state index contributed by atoms with van der Waals surface area (Å²) in [5, 5.41) is 0.637. The van der Waals surface area contributed by atoms with E-state index < -0.39 is 0 Å². The fourth-order valence-corrected chi connectivity index (χ4v) is 2.52. The first-order valence-electron chi connectivity index (χ1n) is 7.02. The molecule has 1 fully saturated rings. The summed E-state index contributed by atoms with van der Waals surface area (Å²) in [5.41, 5.74) is 1.32. The van der Waals surface area contributed by atoms with Crippen molar-refractivity contribution >= 4 is 11.6 Å². The van der Waals surface area contributed by atoms with Crippen LogP contribution < -0.4 is 5.69 Å². The average molecular weight is 314 g/mol. The molecule has 4 rings (SSSR count). The van der Waals surface area contributed by atoms with E-state index in [1.807, 2.05) is 18.2 Å². The zero-order valence-electron chi connectivity index (χ0n) is 11.6. The number of oxazole rings is 1. The van der Waals surface area contributed by atoms with Gasteiger partial charge in [-0.15, -0.1) is 0 Å². The summed E-state index contributed by atoms with van der Waals surface area (Å²) in [4.78, 5) is 20.6. The second-order valence-electron chi connectivity index (χ2n) is 5.29. The van der Waals surface area contributed by atoms with E-state index in [9.17, 15) is 4.79 Å². The molecule has 6 heteroatoms. The Morgan fingerprint density at radius 2 is 1.95 bits per heavy atom. The molecule has 0 N–H and O–H groups in total. The molecular formula is C16H12ClN3O2. The van der Waals surface area contributed by atoms with Crippen LogP contribution in [0.15, 0.2) is 52.1 Å². The van der Waals surface area contributed by atoms with Gasteiger partial charge in [0.15, 0.2) is 18.0 Å². The molecular weight excluding hydrogens is 302 g/mol. The normalized spacial score (nSPS) is 14.2. The molecule has 1 aromatic carbocycles. The molecule has 3 aromatic rings. The molecule has 1 aliphatic rings. The van der Waals surface area contributed by atoms with Crippen LogP contribution >= 0.6 is 11.6 Å². The van der Waals surface area contributed by atoms with Crippen molar-refractivity contribution in [3.63, 3.8) is 0 Å². The van der Waals surface area contributed by atoms with Gasteiger partial charge in [0.1, 0.15) is 0 Å². The molecule has 110 valence electrons. The Morgan fingerprint density at radius 1 is 1.18 bits per heavy atom. The minimum absolute atomic E-state index is 0.339. The maximum Gasteiger partial charge on any atom is 0.353 e. The molecule has 2 heterocycles. The molecule has 5 nitrogen and oxygen atoms in total. The van der Waals surface area contributed by atoms with Crippen LogP contribution in [0.2, 0.25) is 5.02 Å². The summed E-state index contributed by atoms with van der Waals surface area (Å²) >= 11 is 5.90. The van der Waals surface area contributed by atoms with Crippen molar-refractivity contribution in [1.82, 2.24) is 14.5 Å². The number of aromatic nitrogens is 3. The highest BCUT2D eigenvalue weighted by Gasteiger charge is 2.26. The third-order valence-electron chi connectivity index (χ3n) is 3.70. The minimum atomic E-state index is -0.339. The topological polar surface area (TPSA) is 60.9 Å². The summed E-state index contributed by atoms with van der Waals surface area (Å²) in [6, 6.07) is 9.05. The highest BCUT2D eigenvalue weighted by molar-refractivity contribution is 6.30. The Kier molecular flexibility index (Phi) is 3.08. The third kappa shape index (κ3) is 2.33. The van der Waals surface area contributed by atoms with E-state index in [-0.39, 0.29) is 5.69 Å². The largest absolute Gasteiger partial charge is 0.441 e. The van der Waals surface area contributed by atoms with Crippen LogP contribution in [0.5, 0.6) is 0 Å². The van der Waals surface area contributed by atoms with Gasteiger partial charge in [0.25, 0.3) is 0 Å². The van der Waals surface area contributed by atoms with E-state index in [0.29, 0.717) is 22.5 Å². The lowest BCUT2D eigenvalue weighted by Crippen LogP contribution is -2.22. The highest BCUT2D eigenvalue weighted by Crippen LogP contribution is 2.38. The molecule has 0 saturated heterocycles. The Labute approximate surface area is 131 Å². The Balaban J connectivity index is 1.79. The van der Waals surface area contributed by atoms with E-state index in [0.717, 1.165) is 24.1 Å². The van der Waals surface area contributed by atoms with E-state index in [2.05, 4.69) is 9.97 Å². The number of hydrogen-bond donors (Lipinski definition) is 0. The summed E-state index contributed by atoms with van der Waals surface area (Å²) in [5.74, 6) is 1.39. The number of benzene rings is 1. The minimum Gasteiger partial charge on any atom is -0.441 e. The van der Waals surface area contributed by atoms with Crippen molar-refractivity contribution in [3.8, 4) is 17.1 Å². The van der Waals surface area contributed by atoms with Crippen LogP contribution in [-0.4, -0.2) is 14.5 Å². The van der Waals surface area contributed by atoms with Crippen LogP contribution in [0.4, 0.5) is 0 Å². The summed E-state index contributed by atoms with van der Waals surface area (Å²) in [6.07, 6.45) is 5.24. The third-order valence-corrected chi connectivity index (χ3v) is 3.96. The van der Waals surface area contributed by atoms with Gasteiger partial charge >= 0.3 is 5.69 Å². The fraction of sp³-hybridized carbons (Fsp3) is 0.188. The van der Waals surface area contributed by atoms with Gasteiger partial charge in [0, 0.05) is 22.7 Å². The van der Waals surface area contributed by atoms with Gasteiger partial charge in [-0.1, -0.05) is 11.6 Å². The van der Waals surface area contributed by atoms with Crippen LogP contribution in [0.25, 0.3) is 17.1 Å². The van der Waals surface area contributed by atoms with Crippen molar-refractivity contribution < 1.29 is 4.42 Å². The predicted molar refractivity (Wildman–Crippen MR) is 82.3 cm³/mol. The quantitative estimate of drug-likeness (QED) is 0.743. The zero-order chi connectivity index (χ0) is 15.1. The van der Waals surface area contributed by atoms with E-state index in [1.54, 1.807) is 18.3 Å². The molecule has 0 amide bonds. The SMILES string of the molecule is O=c1nc(C2CC2)ccn1-c1ncoc1-c1ccc(Cl)cc1. The van der Waals surface area contributed by atoms with Crippen molar-refractivity contribution in [2.75, 3.05) is 0 Å². The number of rotatable bonds is 3. The zero-order valence-corrected chi connectivity index (χ0v) is 12.3. The van der Waals surface area contributed by atoms with E-state index >= 15 is 0 Å². The molecule has 2 aromatic heterocycles. The van der Waals surface area contributed by atoms with Gasteiger partial charge < -0.3 is 4.42 Å². The van der Waals surface area contributed by atoms with Gasteiger partial charge in [0.05, 0.1) is 5.69 Å². The Hall–Kier alpha value is -2.40. The lowest BCUT2D eigenvalue weighted by Gasteiger charge is -2.05. The molecule has 1 saturated carbocycles.